The maximum absolute atomic E-state index is 11.8. The summed E-state index contributed by atoms with van der Waals surface area (Å²) in [6.45, 7) is 2.62. The highest BCUT2D eigenvalue weighted by Crippen LogP contribution is 2.25. The fourth-order valence-corrected chi connectivity index (χ4v) is 3.06. The minimum absolute atomic E-state index is 0.275. The predicted molar refractivity (Wildman–Crippen MR) is 108 cm³/mol. The van der Waals surface area contributed by atoms with Gasteiger partial charge in [-0.05, 0) is 37.3 Å². The molecule has 7 heteroatoms. The van der Waals surface area contributed by atoms with Gasteiger partial charge in [0.05, 0.1) is 21.8 Å². The molecule has 0 aliphatic heterocycles. The molecule has 3 aromatic rings. The molecule has 0 fully saturated rings. The van der Waals surface area contributed by atoms with Crippen LogP contribution in [-0.4, -0.2) is 24.1 Å². The van der Waals surface area contributed by atoms with Crippen LogP contribution in [0.1, 0.15) is 11.1 Å². The van der Waals surface area contributed by atoms with Crippen LogP contribution in [-0.2, 0) is 0 Å². The molecule has 0 aliphatic carbocycles. The number of fused-ring (bicyclic) bond motifs is 1. The maximum Gasteiger partial charge on any atom is 0.319 e. The Balaban J connectivity index is 1.79. The van der Waals surface area contributed by atoms with Crippen LogP contribution < -0.4 is 16.0 Å². The van der Waals surface area contributed by atoms with Gasteiger partial charge < -0.3 is 11.1 Å². The number of halogens is 1. The van der Waals surface area contributed by atoms with Gasteiger partial charge in [0.2, 0.25) is 0 Å². The van der Waals surface area contributed by atoms with Crippen LogP contribution >= 0.6 is 11.6 Å². The fraction of sp³-hybridized carbons (Fsp3) is 0.150. The van der Waals surface area contributed by atoms with Crippen molar-refractivity contribution in [3.8, 4) is 6.07 Å². The Bertz CT molecular complexity index is 1040. The largest absolute Gasteiger partial charge is 0.367 e. The second-order valence-electron chi connectivity index (χ2n) is 6.06. The average molecular weight is 380 g/mol. The smallest absolute Gasteiger partial charge is 0.319 e. The molecule has 1 aromatic heterocycles. The van der Waals surface area contributed by atoms with Crippen molar-refractivity contribution < 1.29 is 4.79 Å². The third kappa shape index (κ3) is 4.10. The summed E-state index contributed by atoms with van der Waals surface area (Å²) in [4.78, 5) is 17.7. The quantitative estimate of drug-likeness (QED) is 0.698. The first kappa shape index (κ1) is 18.5. The number of urea groups is 1. The summed E-state index contributed by atoms with van der Waals surface area (Å²) in [5, 5.41) is 13.9. The minimum Gasteiger partial charge on any atom is -0.367 e. The van der Waals surface area contributed by atoms with E-state index in [9.17, 15) is 10.1 Å². The van der Waals surface area contributed by atoms with Gasteiger partial charge >= 0.3 is 6.03 Å². The Kier molecular flexibility index (Phi) is 5.43. The van der Waals surface area contributed by atoms with E-state index in [0.717, 1.165) is 16.5 Å². The molecule has 136 valence electrons. The van der Waals surface area contributed by atoms with E-state index in [1.54, 1.807) is 30.3 Å². The van der Waals surface area contributed by atoms with Crippen molar-refractivity contribution in [2.24, 2.45) is 5.73 Å². The van der Waals surface area contributed by atoms with E-state index in [0.29, 0.717) is 28.6 Å². The first-order chi connectivity index (χ1) is 13.0. The highest BCUT2D eigenvalue weighted by atomic mass is 35.5. The zero-order valence-corrected chi connectivity index (χ0v) is 15.5. The highest BCUT2D eigenvalue weighted by Gasteiger charge is 2.15. The number of hydrogen-bond donors (Lipinski definition) is 2. The minimum atomic E-state index is -0.604. The zero-order valence-electron chi connectivity index (χ0n) is 14.7. The molecule has 27 heavy (non-hydrogen) atoms. The molecule has 3 rings (SSSR count). The topological polar surface area (TPSA) is 95.0 Å². The second-order valence-corrected chi connectivity index (χ2v) is 6.47. The summed E-state index contributed by atoms with van der Waals surface area (Å²) in [7, 11) is 0. The van der Waals surface area contributed by atoms with Crippen LogP contribution in [0, 0.1) is 18.3 Å². The van der Waals surface area contributed by atoms with Crippen LogP contribution in [0.25, 0.3) is 10.9 Å². The van der Waals surface area contributed by atoms with Crippen LogP contribution in [0.4, 0.5) is 16.3 Å². The summed E-state index contributed by atoms with van der Waals surface area (Å²) in [6.07, 6.45) is 0. The molecule has 2 aromatic carbocycles. The van der Waals surface area contributed by atoms with Crippen LogP contribution in [0.5, 0.6) is 0 Å². The number of aromatic nitrogens is 1. The van der Waals surface area contributed by atoms with Crippen molar-refractivity contribution in [3.05, 3.63) is 64.7 Å². The highest BCUT2D eigenvalue weighted by molar-refractivity contribution is 6.33. The lowest BCUT2D eigenvalue weighted by atomic mass is 10.1. The number of aryl methyl sites for hydroxylation is 1. The van der Waals surface area contributed by atoms with Gasteiger partial charge in [-0.2, -0.15) is 5.26 Å². The molecule has 0 saturated carbocycles. The predicted octanol–water partition coefficient (Wildman–Crippen LogP) is 4.07. The maximum atomic E-state index is 11.8. The third-order valence-electron chi connectivity index (χ3n) is 4.13. The zero-order chi connectivity index (χ0) is 19.4. The number of hydrogen-bond acceptors (Lipinski definition) is 4. The van der Waals surface area contributed by atoms with E-state index in [4.69, 9.17) is 17.3 Å². The summed E-state index contributed by atoms with van der Waals surface area (Å²) < 4.78 is 0. The Morgan fingerprint density at radius 3 is 2.78 bits per heavy atom. The van der Waals surface area contributed by atoms with Gasteiger partial charge in [0.1, 0.15) is 11.9 Å². The lowest BCUT2D eigenvalue weighted by Gasteiger charge is -2.22. The number of benzene rings is 2. The van der Waals surface area contributed by atoms with Crippen molar-refractivity contribution in [2.75, 3.05) is 23.3 Å². The molecular formula is C20H18ClN5O. The number of nitrogens with one attached hydrogen (secondary N) is 1. The third-order valence-corrected chi connectivity index (χ3v) is 4.45. The lowest BCUT2D eigenvalue weighted by Crippen LogP contribution is -2.39. The number of carbonyl (C=O) groups is 1. The number of anilines is 2. The molecule has 0 aliphatic rings. The first-order valence-electron chi connectivity index (χ1n) is 8.36. The number of rotatable bonds is 5. The fourth-order valence-electron chi connectivity index (χ4n) is 2.82. The van der Waals surface area contributed by atoms with Crippen LogP contribution in [0.3, 0.4) is 0 Å². The van der Waals surface area contributed by atoms with E-state index in [1.807, 2.05) is 25.1 Å². The number of nitrogens with two attached hydrogens (primary N) is 1. The van der Waals surface area contributed by atoms with Gasteiger partial charge in [0, 0.05) is 18.5 Å². The van der Waals surface area contributed by atoms with Gasteiger partial charge in [0.15, 0.2) is 0 Å². The number of carbonyl (C=O) groups excluding carboxylic acids is 1. The van der Waals surface area contributed by atoms with Crippen molar-refractivity contribution in [1.29, 1.82) is 5.26 Å². The van der Waals surface area contributed by atoms with Crippen molar-refractivity contribution >= 4 is 40.0 Å². The molecule has 0 unspecified atom stereocenters. The van der Waals surface area contributed by atoms with E-state index >= 15 is 0 Å². The van der Waals surface area contributed by atoms with Gasteiger partial charge in [-0.1, -0.05) is 35.4 Å². The molecule has 0 saturated heterocycles. The molecule has 0 radical (unpaired) electrons. The van der Waals surface area contributed by atoms with Crippen molar-refractivity contribution in [2.45, 2.75) is 6.92 Å². The van der Waals surface area contributed by atoms with Gasteiger partial charge in [-0.3, -0.25) is 4.90 Å². The molecule has 1 heterocycles. The van der Waals surface area contributed by atoms with Crippen LogP contribution in [0.15, 0.2) is 48.5 Å². The van der Waals surface area contributed by atoms with Crippen molar-refractivity contribution in [1.82, 2.24) is 4.98 Å². The molecule has 3 N–H and O–H groups in total. The normalized spacial score (nSPS) is 10.4. The Morgan fingerprint density at radius 1 is 1.30 bits per heavy atom. The summed E-state index contributed by atoms with van der Waals surface area (Å²) in [6, 6.07) is 16.2. The molecule has 0 spiro atoms. The second kappa shape index (κ2) is 7.94. The molecule has 0 atom stereocenters. The SMILES string of the molecule is Cc1ccc2nc(NCCN(C(N)=O)c3ccccc3Cl)c(C#N)cc2c1. The number of pyridine rings is 1. The summed E-state index contributed by atoms with van der Waals surface area (Å²) >= 11 is 6.16. The summed E-state index contributed by atoms with van der Waals surface area (Å²) in [5.41, 5.74) is 8.37. The van der Waals surface area contributed by atoms with Gasteiger partial charge in [-0.25, -0.2) is 9.78 Å². The number of amides is 2. The molecule has 2 amide bonds. The van der Waals surface area contributed by atoms with Gasteiger partial charge in [0.25, 0.3) is 0 Å². The van der Waals surface area contributed by atoms with E-state index < -0.39 is 6.03 Å². The Labute approximate surface area is 162 Å². The number of primary amides is 1. The van der Waals surface area contributed by atoms with E-state index in [1.165, 1.54) is 4.90 Å². The van der Waals surface area contributed by atoms with Crippen molar-refractivity contribution in [3.63, 3.8) is 0 Å². The lowest BCUT2D eigenvalue weighted by molar-refractivity contribution is 0.254. The van der Waals surface area contributed by atoms with Gasteiger partial charge in [-0.15, -0.1) is 0 Å². The molecule has 0 bridgehead atoms. The average Bonchev–Trinajstić information content (AvgIpc) is 2.65. The monoisotopic (exact) mass is 379 g/mol. The van der Waals surface area contributed by atoms with E-state index in [2.05, 4.69) is 16.4 Å². The number of nitriles is 1. The van der Waals surface area contributed by atoms with Crippen LogP contribution in [0.2, 0.25) is 5.02 Å². The molecular weight excluding hydrogens is 362 g/mol. The Morgan fingerprint density at radius 2 is 2.07 bits per heavy atom. The first-order valence-corrected chi connectivity index (χ1v) is 8.74. The molecule has 6 nitrogen and oxygen atoms in total. The summed E-state index contributed by atoms with van der Waals surface area (Å²) in [5.74, 6) is 0.470. The standard InChI is InChI=1S/C20H18ClN5O/c1-13-6-7-17-14(10-13)11-15(12-22)19(25-17)24-8-9-26(20(23)27)18-5-3-2-4-16(18)21/h2-7,10-11H,8-9H2,1H3,(H2,23,27)(H,24,25). The van der Waals surface area contributed by atoms with E-state index in [-0.39, 0.29) is 6.54 Å². The number of nitrogens with zero attached hydrogens (tertiary/aromatic N) is 3. The number of para-hydroxylation sites is 1. The Hall–Kier alpha value is -3.30.